The smallest absolute Gasteiger partial charge is 0.240 e. The standard InChI is InChI=1S/C23H26BrClN2O2/c1-15-2-11-21-23(29)26(12-16-3-9-19(25)10-4-16)13-20(28)14-27(21)22(15)17-5-7-18(24)8-6-17/h3-10,15,20-22,28H,2,11-14H2,1H3/t15-,20+,21-,22-/m0/s1. The predicted molar refractivity (Wildman–Crippen MR) is 119 cm³/mol. The highest BCUT2D eigenvalue weighted by Crippen LogP contribution is 2.40. The Morgan fingerprint density at radius 1 is 1.07 bits per heavy atom. The van der Waals surface area contributed by atoms with Crippen molar-refractivity contribution in [2.24, 2.45) is 5.92 Å². The predicted octanol–water partition coefficient (Wildman–Crippen LogP) is 4.65. The lowest BCUT2D eigenvalue weighted by atomic mass is 9.82. The van der Waals surface area contributed by atoms with E-state index >= 15 is 0 Å². The Balaban J connectivity index is 1.60. The molecule has 0 radical (unpaired) electrons. The second-order valence-electron chi connectivity index (χ2n) is 8.26. The number of amides is 1. The highest BCUT2D eigenvalue weighted by molar-refractivity contribution is 9.10. The molecular formula is C23H26BrClN2O2. The van der Waals surface area contributed by atoms with Gasteiger partial charge in [0.15, 0.2) is 0 Å². The Morgan fingerprint density at radius 3 is 2.45 bits per heavy atom. The van der Waals surface area contributed by atoms with E-state index in [0.717, 1.165) is 22.9 Å². The molecule has 0 aromatic heterocycles. The van der Waals surface area contributed by atoms with Gasteiger partial charge < -0.3 is 10.0 Å². The lowest BCUT2D eigenvalue weighted by Gasteiger charge is -2.44. The minimum Gasteiger partial charge on any atom is -0.390 e. The van der Waals surface area contributed by atoms with Crippen LogP contribution in [-0.2, 0) is 11.3 Å². The Bertz CT molecular complexity index is 858. The molecular weight excluding hydrogens is 452 g/mol. The first kappa shape index (κ1) is 20.9. The monoisotopic (exact) mass is 476 g/mol. The number of aliphatic hydroxyl groups is 1. The van der Waals surface area contributed by atoms with Crippen molar-refractivity contribution in [3.8, 4) is 0 Å². The van der Waals surface area contributed by atoms with Crippen LogP contribution in [0.2, 0.25) is 5.02 Å². The molecule has 1 amide bonds. The van der Waals surface area contributed by atoms with Gasteiger partial charge >= 0.3 is 0 Å². The molecule has 2 aliphatic heterocycles. The van der Waals surface area contributed by atoms with Crippen LogP contribution in [0.25, 0.3) is 0 Å². The molecule has 6 heteroatoms. The van der Waals surface area contributed by atoms with Crippen molar-refractivity contribution >= 4 is 33.4 Å². The average Bonchev–Trinajstić information content (AvgIpc) is 2.81. The summed E-state index contributed by atoms with van der Waals surface area (Å²) in [5, 5.41) is 11.5. The van der Waals surface area contributed by atoms with E-state index in [0.29, 0.717) is 30.6 Å². The largest absolute Gasteiger partial charge is 0.390 e. The second kappa shape index (κ2) is 8.76. The number of rotatable bonds is 3. The molecule has 2 fully saturated rings. The summed E-state index contributed by atoms with van der Waals surface area (Å²) >= 11 is 9.50. The van der Waals surface area contributed by atoms with Gasteiger partial charge in [-0.3, -0.25) is 9.69 Å². The van der Waals surface area contributed by atoms with Gasteiger partial charge in [-0.2, -0.15) is 0 Å². The number of fused-ring (bicyclic) bond motifs is 1. The summed E-state index contributed by atoms with van der Waals surface area (Å²) in [6, 6.07) is 15.9. The number of carbonyl (C=O) groups excluding carboxylic acids is 1. The van der Waals surface area contributed by atoms with Crippen LogP contribution < -0.4 is 0 Å². The fourth-order valence-electron chi connectivity index (χ4n) is 4.76. The van der Waals surface area contributed by atoms with Crippen molar-refractivity contribution in [3.05, 3.63) is 69.2 Å². The van der Waals surface area contributed by atoms with Crippen molar-refractivity contribution < 1.29 is 9.90 Å². The normalized spacial score (nSPS) is 28.1. The van der Waals surface area contributed by atoms with E-state index < -0.39 is 6.10 Å². The van der Waals surface area contributed by atoms with E-state index in [4.69, 9.17) is 11.6 Å². The molecule has 2 aromatic carbocycles. The lowest BCUT2D eigenvalue weighted by Crippen LogP contribution is -2.51. The van der Waals surface area contributed by atoms with Gasteiger partial charge in [0, 0.05) is 35.2 Å². The fraction of sp³-hybridized carbons (Fsp3) is 0.435. The van der Waals surface area contributed by atoms with Crippen LogP contribution in [0.15, 0.2) is 53.0 Å². The van der Waals surface area contributed by atoms with Gasteiger partial charge in [-0.1, -0.05) is 58.7 Å². The average molecular weight is 478 g/mol. The molecule has 0 bridgehead atoms. The number of aliphatic hydroxyl groups excluding tert-OH is 1. The molecule has 4 atom stereocenters. The third-order valence-corrected chi connectivity index (χ3v) is 6.92. The zero-order chi connectivity index (χ0) is 20.5. The topological polar surface area (TPSA) is 43.8 Å². The molecule has 4 rings (SSSR count). The number of carbonyl (C=O) groups is 1. The van der Waals surface area contributed by atoms with Crippen LogP contribution in [0.4, 0.5) is 0 Å². The first-order valence-corrected chi connectivity index (χ1v) is 11.3. The highest BCUT2D eigenvalue weighted by atomic mass is 79.9. The molecule has 4 nitrogen and oxygen atoms in total. The van der Waals surface area contributed by atoms with Crippen molar-refractivity contribution in [1.29, 1.82) is 0 Å². The lowest BCUT2D eigenvalue weighted by molar-refractivity contribution is -0.139. The number of hydrogen-bond donors (Lipinski definition) is 1. The number of hydrogen-bond acceptors (Lipinski definition) is 3. The van der Waals surface area contributed by atoms with Gasteiger partial charge in [-0.25, -0.2) is 0 Å². The van der Waals surface area contributed by atoms with Gasteiger partial charge in [0.2, 0.25) is 5.91 Å². The zero-order valence-corrected chi connectivity index (χ0v) is 18.8. The maximum absolute atomic E-state index is 13.5. The van der Waals surface area contributed by atoms with E-state index in [1.165, 1.54) is 5.56 Å². The highest BCUT2D eigenvalue weighted by Gasteiger charge is 2.44. The van der Waals surface area contributed by atoms with Crippen LogP contribution in [0.5, 0.6) is 0 Å². The van der Waals surface area contributed by atoms with Crippen LogP contribution in [0, 0.1) is 5.92 Å². The third-order valence-electron chi connectivity index (χ3n) is 6.14. The molecule has 2 saturated heterocycles. The number of β-amino-alcohol motifs (C(OH)–C–C–N with tert-alkyl or cyclic N) is 1. The molecule has 2 heterocycles. The summed E-state index contributed by atoms with van der Waals surface area (Å²) in [5.41, 5.74) is 2.23. The molecule has 2 aliphatic rings. The quantitative estimate of drug-likeness (QED) is 0.700. The van der Waals surface area contributed by atoms with Crippen LogP contribution in [-0.4, -0.2) is 46.0 Å². The molecule has 0 aliphatic carbocycles. The summed E-state index contributed by atoms with van der Waals surface area (Å²) in [4.78, 5) is 17.5. The number of nitrogens with zero attached hydrogens (tertiary/aromatic N) is 2. The first-order chi connectivity index (χ1) is 13.9. The van der Waals surface area contributed by atoms with E-state index in [9.17, 15) is 9.90 Å². The fourth-order valence-corrected chi connectivity index (χ4v) is 5.15. The summed E-state index contributed by atoms with van der Waals surface area (Å²) in [6.07, 6.45) is 1.26. The zero-order valence-electron chi connectivity index (χ0n) is 16.5. The summed E-state index contributed by atoms with van der Waals surface area (Å²) < 4.78 is 1.04. The molecule has 1 N–H and O–H groups in total. The Kier molecular flexibility index (Phi) is 6.30. The van der Waals surface area contributed by atoms with Crippen molar-refractivity contribution in [3.63, 3.8) is 0 Å². The van der Waals surface area contributed by atoms with E-state index in [1.54, 1.807) is 0 Å². The molecule has 0 saturated carbocycles. The molecule has 154 valence electrons. The number of benzene rings is 2. The van der Waals surface area contributed by atoms with Crippen LogP contribution in [0.3, 0.4) is 0 Å². The van der Waals surface area contributed by atoms with E-state index in [2.05, 4.69) is 52.0 Å². The van der Waals surface area contributed by atoms with E-state index in [1.807, 2.05) is 29.2 Å². The Labute approximate surface area is 185 Å². The van der Waals surface area contributed by atoms with Crippen molar-refractivity contribution in [1.82, 2.24) is 9.80 Å². The summed E-state index contributed by atoms with van der Waals surface area (Å²) in [6.45, 7) is 3.61. The maximum atomic E-state index is 13.5. The third kappa shape index (κ3) is 4.53. The number of piperidine rings is 1. The van der Waals surface area contributed by atoms with Crippen molar-refractivity contribution in [2.45, 2.75) is 44.5 Å². The van der Waals surface area contributed by atoms with Crippen molar-refractivity contribution in [2.75, 3.05) is 13.1 Å². The second-order valence-corrected chi connectivity index (χ2v) is 9.61. The van der Waals surface area contributed by atoms with Gasteiger partial charge in [-0.05, 0) is 54.2 Å². The van der Waals surface area contributed by atoms with Gasteiger partial charge in [-0.15, -0.1) is 0 Å². The molecule has 0 unspecified atom stereocenters. The first-order valence-electron chi connectivity index (χ1n) is 10.1. The Morgan fingerprint density at radius 2 is 1.76 bits per heavy atom. The van der Waals surface area contributed by atoms with Gasteiger partial charge in [0.05, 0.1) is 12.1 Å². The number of halogens is 2. The van der Waals surface area contributed by atoms with Crippen LogP contribution >= 0.6 is 27.5 Å². The summed E-state index contributed by atoms with van der Waals surface area (Å²) in [5.74, 6) is 0.542. The SMILES string of the molecule is C[C@H]1CC[C@H]2C(=O)N(Cc3ccc(Cl)cc3)C[C@@H](O)CN2[C@@H]1c1ccc(Br)cc1. The van der Waals surface area contributed by atoms with Gasteiger partial charge in [0.1, 0.15) is 0 Å². The maximum Gasteiger partial charge on any atom is 0.240 e. The minimum atomic E-state index is -0.570. The van der Waals surface area contributed by atoms with Crippen LogP contribution in [0.1, 0.15) is 36.9 Å². The molecule has 0 spiro atoms. The summed E-state index contributed by atoms with van der Waals surface area (Å²) in [7, 11) is 0. The molecule has 2 aromatic rings. The molecule has 29 heavy (non-hydrogen) atoms. The minimum absolute atomic E-state index is 0.116. The Hall–Kier alpha value is -1.40. The van der Waals surface area contributed by atoms with Gasteiger partial charge in [0.25, 0.3) is 0 Å². The van der Waals surface area contributed by atoms with E-state index in [-0.39, 0.29) is 18.0 Å².